The van der Waals surface area contributed by atoms with Gasteiger partial charge >= 0.3 is 0 Å². The molecule has 2 aromatic carbocycles. The number of benzene rings is 2. The SMILES string of the molecule is CCOc1ccccc1C(C)Nc1ccccc1OC. The molecule has 0 aliphatic heterocycles. The summed E-state index contributed by atoms with van der Waals surface area (Å²) in [5, 5.41) is 3.47. The molecule has 0 saturated carbocycles. The van der Waals surface area contributed by atoms with Gasteiger partial charge in [0.15, 0.2) is 0 Å². The minimum absolute atomic E-state index is 0.133. The summed E-state index contributed by atoms with van der Waals surface area (Å²) in [6, 6.07) is 16.1. The summed E-state index contributed by atoms with van der Waals surface area (Å²) in [4.78, 5) is 0. The molecule has 0 spiro atoms. The summed E-state index contributed by atoms with van der Waals surface area (Å²) in [7, 11) is 1.68. The normalized spacial score (nSPS) is 11.8. The van der Waals surface area contributed by atoms with Gasteiger partial charge < -0.3 is 14.8 Å². The van der Waals surface area contributed by atoms with Gasteiger partial charge in [-0.15, -0.1) is 0 Å². The van der Waals surface area contributed by atoms with E-state index in [0.717, 1.165) is 22.7 Å². The van der Waals surface area contributed by atoms with Crippen LogP contribution in [0.1, 0.15) is 25.5 Å². The Morgan fingerprint density at radius 2 is 1.65 bits per heavy atom. The number of rotatable bonds is 6. The standard InChI is InChI=1S/C17H21NO2/c1-4-20-16-11-7-5-9-14(16)13(2)18-15-10-6-8-12-17(15)19-3/h5-13,18H,4H2,1-3H3. The van der Waals surface area contributed by atoms with Gasteiger partial charge in [-0.1, -0.05) is 30.3 Å². The molecular weight excluding hydrogens is 250 g/mol. The zero-order chi connectivity index (χ0) is 14.4. The summed E-state index contributed by atoms with van der Waals surface area (Å²) in [6.07, 6.45) is 0. The maximum Gasteiger partial charge on any atom is 0.141 e. The molecule has 20 heavy (non-hydrogen) atoms. The van der Waals surface area contributed by atoms with Crippen molar-refractivity contribution >= 4 is 5.69 Å². The van der Waals surface area contributed by atoms with E-state index in [1.165, 1.54) is 0 Å². The highest BCUT2D eigenvalue weighted by molar-refractivity contribution is 5.57. The Morgan fingerprint density at radius 1 is 1.00 bits per heavy atom. The first-order chi connectivity index (χ1) is 9.76. The van der Waals surface area contributed by atoms with Gasteiger partial charge in [0.25, 0.3) is 0 Å². The molecule has 0 aliphatic carbocycles. The summed E-state index contributed by atoms with van der Waals surface area (Å²) in [5.41, 5.74) is 2.12. The number of ether oxygens (including phenoxy) is 2. The lowest BCUT2D eigenvalue weighted by atomic mass is 10.1. The second kappa shape index (κ2) is 6.85. The van der Waals surface area contributed by atoms with Crippen LogP contribution in [0.4, 0.5) is 5.69 Å². The highest BCUT2D eigenvalue weighted by Gasteiger charge is 2.12. The van der Waals surface area contributed by atoms with Crippen LogP contribution in [0, 0.1) is 0 Å². The summed E-state index contributed by atoms with van der Waals surface area (Å²) in [5.74, 6) is 1.76. The predicted molar refractivity (Wildman–Crippen MR) is 82.6 cm³/mol. The fourth-order valence-electron chi connectivity index (χ4n) is 2.20. The Hall–Kier alpha value is -2.16. The molecule has 3 heteroatoms. The van der Waals surface area contributed by atoms with E-state index in [1.54, 1.807) is 7.11 Å². The van der Waals surface area contributed by atoms with E-state index in [0.29, 0.717) is 6.61 Å². The molecule has 0 bridgehead atoms. The first-order valence-electron chi connectivity index (χ1n) is 6.87. The van der Waals surface area contributed by atoms with Gasteiger partial charge in [-0.25, -0.2) is 0 Å². The van der Waals surface area contributed by atoms with Crippen LogP contribution < -0.4 is 14.8 Å². The molecule has 1 atom stereocenters. The monoisotopic (exact) mass is 271 g/mol. The molecule has 106 valence electrons. The quantitative estimate of drug-likeness (QED) is 0.851. The van der Waals surface area contributed by atoms with E-state index in [4.69, 9.17) is 9.47 Å². The van der Waals surface area contributed by atoms with E-state index >= 15 is 0 Å². The van der Waals surface area contributed by atoms with E-state index in [2.05, 4.69) is 18.3 Å². The first kappa shape index (κ1) is 14.3. The predicted octanol–water partition coefficient (Wildman–Crippen LogP) is 4.27. The number of anilines is 1. The summed E-state index contributed by atoms with van der Waals surface area (Å²) in [6.45, 7) is 4.78. The van der Waals surface area contributed by atoms with Crippen LogP contribution in [-0.4, -0.2) is 13.7 Å². The lowest BCUT2D eigenvalue weighted by Crippen LogP contribution is -2.09. The lowest BCUT2D eigenvalue weighted by Gasteiger charge is -2.20. The van der Waals surface area contributed by atoms with Crippen LogP contribution in [-0.2, 0) is 0 Å². The van der Waals surface area contributed by atoms with Crippen molar-refractivity contribution in [3.8, 4) is 11.5 Å². The van der Waals surface area contributed by atoms with Crippen LogP contribution in [0.15, 0.2) is 48.5 Å². The molecule has 1 unspecified atom stereocenters. The van der Waals surface area contributed by atoms with Crippen molar-refractivity contribution in [1.82, 2.24) is 0 Å². The van der Waals surface area contributed by atoms with Gasteiger partial charge in [0.05, 0.1) is 25.4 Å². The maximum absolute atomic E-state index is 5.68. The maximum atomic E-state index is 5.68. The molecule has 0 heterocycles. The molecule has 1 N–H and O–H groups in total. The van der Waals surface area contributed by atoms with Crippen LogP contribution >= 0.6 is 0 Å². The molecule has 0 aliphatic rings. The number of hydrogen-bond acceptors (Lipinski definition) is 3. The van der Waals surface area contributed by atoms with E-state index in [9.17, 15) is 0 Å². The van der Waals surface area contributed by atoms with Gasteiger partial charge in [-0.2, -0.15) is 0 Å². The third-order valence-electron chi connectivity index (χ3n) is 3.16. The minimum atomic E-state index is 0.133. The molecule has 3 nitrogen and oxygen atoms in total. The number of hydrogen-bond donors (Lipinski definition) is 1. The van der Waals surface area contributed by atoms with Crippen molar-refractivity contribution in [2.24, 2.45) is 0 Å². The Morgan fingerprint density at radius 3 is 2.35 bits per heavy atom. The molecule has 0 fully saturated rings. The van der Waals surface area contributed by atoms with E-state index in [-0.39, 0.29) is 6.04 Å². The van der Waals surface area contributed by atoms with E-state index in [1.807, 2.05) is 49.4 Å². The Labute approximate surface area is 120 Å². The molecule has 2 aromatic rings. The second-order valence-electron chi connectivity index (χ2n) is 4.54. The zero-order valence-electron chi connectivity index (χ0n) is 12.2. The van der Waals surface area contributed by atoms with Crippen LogP contribution in [0.3, 0.4) is 0 Å². The lowest BCUT2D eigenvalue weighted by molar-refractivity contribution is 0.335. The zero-order valence-corrected chi connectivity index (χ0v) is 12.2. The molecule has 0 amide bonds. The third kappa shape index (κ3) is 3.23. The van der Waals surface area contributed by atoms with Gasteiger partial charge in [-0.3, -0.25) is 0 Å². The van der Waals surface area contributed by atoms with Gasteiger partial charge in [0.1, 0.15) is 11.5 Å². The Balaban J connectivity index is 2.21. The molecule has 0 saturated heterocycles. The fraction of sp³-hybridized carbons (Fsp3) is 0.294. The van der Waals surface area contributed by atoms with Gasteiger partial charge in [-0.05, 0) is 32.0 Å². The number of nitrogens with one attached hydrogen (secondary N) is 1. The minimum Gasteiger partial charge on any atom is -0.495 e. The van der Waals surface area contributed by atoms with Crippen LogP contribution in [0.25, 0.3) is 0 Å². The fourth-order valence-corrected chi connectivity index (χ4v) is 2.20. The average molecular weight is 271 g/mol. The van der Waals surface area contributed by atoms with Crippen LogP contribution in [0.2, 0.25) is 0 Å². The molecule has 2 rings (SSSR count). The van der Waals surface area contributed by atoms with Gasteiger partial charge in [0.2, 0.25) is 0 Å². The number of methoxy groups -OCH3 is 1. The smallest absolute Gasteiger partial charge is 0.141 e. The van der Waals surface area contributed by atoms with Crippen molar-refractivity contribution in [3.63, 3.8) is 0 Å². The largest absolute Gasteiger partial charge is 0.495 e. The topological polar surface area (TPSA) is 30.5 Å². The van der Waals surface area contributed by atoms with E-state index < -0.39 is 0 Å². The average Bonchev–Trinajstić information content (AvgIpc) is 2.48. The van der Waals surface area contributed by atoms with Crippen molar-refractivity contribution in [3.05, 3.63) is 54.1 Å². The van der Waals surface area contributed by atoms with Crippen molar-refractivity contribution < 1.29 is 9.47 Å². The Kier molecular flexibility index (Phi) is 4.88. The third-order valence-corrected chi connectivity index (χ3v) is 3.16. The summed E-state index contributed by atoms with van der Waals surface area (Å²) < 4.78 is 11.0. The second-order valence-corrected chi connectivity index (χ2v) is 4.54. The summed E-state index contributed by atoms with van der Waals surface area (Å²) >= 11 is 0. The number of para-hydroxylation sites is 3. The van der Waals surface area contributed by atoms with Gasteiger partial charge in [0, 0.05) is 5.56 Å². The first-order valence-corrected chi connectivity index (χ1v) is 6.87. The van der Waals surface area contributed by atoms with Crippen LogP contribution in [0.5, 0.6) is 11.5 Å². The van der Waals surface area contributed by atoms with Crippen molar-refractivity contribution in [2.45, 2.75) is 19.9 Å². The molecule has 0 radical (unpaired) electrons. The Bertz CT molecular complexity index is 554. The van der Waals surface area contributed by atoms with Crippen molar-refractivity contribution in [2.75, 3.05) is 19.0 Å². The highest BCUT2D eigenvalue weighted by Crippen LogP contribution is 2.31. The molecular formula is C17H21NO2. The molecule has 0 aromatic heterocycles. The van der Waals surface area contributed by atoms with Crippen molar-refractivity contribution in [1.29, 1.82) is 0 Å². The highest BCUT2D eigenvalue weighted by atomic mass is 16.5.